The fourth-order valence-corrected chi connectivity index (χ4v) is 3.44. The lowest BCUT2D eigenvalue weighted by molar-refractivity contribution is 0.0694. The van der Waals surface area contributed by atoms with Crippen LogP contribution in [0.3, 0.4) is 0 Å². The van der Waals surface area contributed by atoms with Crippen molar-refractivity contribution in [3.8, 4) is 45.3 Å². The Kier molecular flexibility index (Phi) is 7.23. The molecule has 0 atom stereocenters. The topological polar surface area (TPSA) is 85.2 Å². The summed E-state index contributed by atoms with van der Waals surface area (Å²) in [6, 6.07) is 11.9. The summed E-state index contributed by atoms with van der Waals surface area (Å²) in [5, 5.41) is 20.6. The van der Waals surface area contributed by atoms with Gasteiger partial charge in [-0.25, -0.2) is 9.18 Å². The van der Waals surface area contributed by atoms with Gasteiger partial charge in [-0.1, -0.05) is 23.8 Å². The number of carbonyl (C=O) groups is 1. The number of carboxylic acids is 1. The molecule has 0 saturated heterocycles. The average Bonchev–Trinajstić information content (AvgIpc) is 2.78. The highest BCUT2D eigenvalue weighted by molar-refractivity contribution is 6.04. The molecule has 33 heavy (non-hydrogen) atoms. The quantitative estimate of drug-likeness (QED) is 0.412. The minimum Gasteiger partial charge on any atom is -0.504 e. The fraction of sp³-hybridized carbons (Fsp3) is 0.192. The Morgan fingerprint density at radius 3 is 2.18 bits per heavy atom. The van der Waals surface area contributed by atoms with Gasteiger partial charge in [-0.05, 0) is 61.4 Å². The smallest absolute Gasteiger partial charge is 0.340 e. The van der Waals surface area contributed by atoms with Crippen LogP contribution >= 0.6 is 0 Å². The van der Waals surface area contributed by atoms with Gasteiger partial charge >= 0.3 is 5.97 Å². The lowest BCUT2D eigenvalue weighted by atomic mass is 9.92. The number of methoxy groups -OCH3 is 2. The molecular formula is C26H25FO6. The van der Waals surface area contributed by atoms with Gasteiger partial charge < -0.3 is 24.4 Å². The van der Waals surface area contributed by atoms with E-state index in [2.05, 4.69) is 0 Å². The molecule has 0 aliphatic carbocycles. The molecule has 172 valence electrons. The molecule has 0 aliphatic heterocycles. The Bertz CT molecular complexity index is 1190. The molecule has 2 N–H and O–H groups in total. The molecule has 7 heteroatoms. The molecule has 0 spiro atoms. The standard InChI is InChI=1S/C26H25FO6/c1-15(2)11-12-33-21-10-7-17(13-20(21)28)23-22(31-3)14-19(16-5-8-18(27)9-6-16)25(32-4)24(23)26(29)30/h5-11,13-14,28H,12H2,1-4H3,(H,29,30). The summed E-state index contributed by atoms with van der Waals surface area (Å²) < 4.78 is 30.0. The van der Waals surface area contributed by atoms with Gasteiger partial charge in [0.15, 0.2) is 11.5 Å². The zero-order valence-corrected chi connectivity index (χ0v) is 18.8. The van der Waals surface area contributed by atoms with E-state index in [0.717, 1.165) is 5.57 Å². The van der Waals surface area contributed by atoms with E-state index in [1.807, 2.05) is 19.9 Å². The predicted octanol–water partition coefficient (Wildman–Crippen LogP) is 5.93. The maximum atomic E-state index is 13.4. The first-order chi connectivity index (χ1) is 15.8. The van der Waals surface area contributed by atoms with Crippen LogP contribution < -0.4 is 14.2 Å². The van der Waals surface area contributed by atoms with E-state index < -0.39 is 11.8 Å². The van der Waals surface area contributed by atoms with Crippen molar-refractivity contribution in [2.75, 3.05) is 20.8 Å². The summed E-state index contributed by atoms with van der Waals surface area (Å²) in [4.78, 5) is 12.3. The maximum absolute atomic E-state index is 13.4. The molecule has 0 fully saturated rings. The number of hydrogen-bond donors (Lipinski definition) is 2. The third-order valence-corrected chi connectivity index (χ3v) is 5.01. The fourth-order valence-electron chi connectivity index (χ4n) is 3.44. The number of benzene rings is 3. The van der Waals surface area contributed by atoms with Gasteiger partial charge in [0, 0.05) is 11.1 Å². The van der Waals surface area contributed by atoms with Crippen LogP contribution in [0.15, 0.2) is 60.2 Å². The van der Waals surface area contributed by atoms with Crippen LogP contribution in [-0.4, -0.2) is 37.0 Å². The second-order valence-electron chi connectivity index (χ2n) is 7.50. The van der Waals surface area contributed by atoms with Gasteiger partial charge in [-0.2, -0.15) is 0 Å². The minimum atomic E-state index is -1.24. The van der Waals surface area contributed by atoms with E-state index in [4.69, 9.17) is 14.2 Å². The Balaban J connectivity index is 2.19. The third kappa shape index (κ3) is 5.09. The van der Waals surface area contributed by atoms with Crippen molar-refractivity contribution in [3.05, 3.63) is 71.6 Å². The first-order valence-electron chi connectivity index (χ1n) is 10.1. The largest absolute Gasteiger partial charge is 0.504 e. The number of hydrogen-bond acceptors (Lipinski definition) is 5. The van der Waals surface area contributed by atoms with Crippen LogP contribution in [0, 0.1) is 5.82 Å². The molecule has 0 saturated carbocycles. The Labute approximate surface area is 191 Å². The molecule has 3 aromatic rings. The molecule has 0 aliphatic rings. The van der Waals surface area contributed by atoms with Crippen molar-refractivity contribution >= 4 is 5.97 Å². The second-order valence-corrected chi connectivity index (χ2v) is 7.50. The van der Waals surface area contributed by atoms with E-state index >= 15 is 0 Å². The van der Waals surface area contributed by atoms with Crippen LogP contribution in [0.4, 0.5) is 4.39 Å². The second kappa shape index (κ2) is 10.1. The number of halogens is 1. The number of carboxylic acid groups (broad SMARTS) is 1. The molecule has 0 unspecified atom stereocenters. The highest BCUT2D eigenvalue weighted by Crippen LogP contribution is 2.46. The van der Waals surface area contributed by atoms with E-state index in [0.29, 0.717) is 23.3 Å². The van der Waals surface area contributed by atoms with Crippen LogP contribution in [0.25, 0.3) is 22.3 Å². The van der Waals surface area contributed by atoms with Gasteiger partial charge in [0.2, 0.25) is 0 Å². The third-order valence-electron chi connectivity index (χ3n) is 5.01. The normalized spacial score (nSPS) is 10.5. The van der Waals surface area contributed by atoms with Gasteiger partial charge in [-0.3, -0.25) is 0 Å². The summed E-state index contributed by atoms with van der Waals surface area (Å²) in [6.07, 6.45) is 1.87. The van der Waals surface area contributed by atoms with Crippen LogP contribution in [0.1, 0.15) is 24.2 Å². The van der Waals surface area contributed by atoms with Gasteiger partial charge in [-0.15, -0.1) is 0 Å². The molecular weight excluding hydrogens is 427 g/mol. The van der Waals surface area contributed by atoms with Crippen molar-refractivity contribution < 1.29 is 33.6 Å². The molecule has 0 amide bonds. The summed E-state index contributed by atoms with van der Waals surface area (Å²) in [7, 11) is 2.78. The lowest BCUT2D eigenvalue weighted by Gasteiger charge is -2.19. The van der Waals surface area contributed by atoms with Crippen LogP contribution in [-0.2, 0) is 0 Å². The zero-order valence-electron chi connectivity index (χ0n) is 18.8. The van der Waals surface area contributed by atoms with Crippen LogP contribution in [0.2, 0.25) is 0 Å². The summed E-state index contributed by atoms with van der Waals surface area (Å²) in [5.74, 6) is -1.19. The number of rotatable bonds is 8. The molecule has 3 aromatic carbocycles. The monoisotopic (exact) mass is 452 g/mol. The number of aromatic hydroxyl groups is 1. The Morgan fingerprint density at radius 1 is 0.970 bits per heavy atom. The highest BCUT2D eigenvalue weighted by atomic mass is 19.1. The zero-order chi connectivity index (χ0) is 24.1. The molecule has 3 rings (SSSR count). The Morgan fingerprint density at radius 2 is 1.64 bits per heavy atom. The summed E-state index contributed by atoms with van der Waals surface area (Å²) in [5.41, 5.74) is 2.57. The summed E-state index contributed by atoms with van der Waals surface area (Å²) >= 11 is 0. The lowest BCUT2D eigenvalue weighted by Crippen LogP contribution is -2.07. The molecule has 0 bridgehead atoms. The van der Waals surface area contributed by atoms with Gasteiger partial charge in [0.05, 0.1) is 14.2 Å². The molecule has 6 nitrogen and oxygen atoms in total. The Hall–Kier alpha value is -4.00. The van der Waals surface area contributed by atoms with E-state index in [1.54, 1.807) is 18.2 Å². The molecule has 0 radical (unpaired) electrons. The van der Waals surface area contributed by atoms with Crippen molar-refractivity contribution in [2.24, 2.45) is 0 Å². The van der Waals surface area contributed by atoms with Crippen molar-refractivity contribution in [1.82, 2.24) is 0 Å². The maximum Gasteiger partial charge on any atom is 0.340 e. The van der Waals surface area contributed by atoms with Crippen LogP contribution in [0.5, 0.6) is 23.0 Å². The minimum absolute atomic E-state index is 0.0910. The van der Waals surface area contributed by atoms with E-state index in [1.165, 1.54) is 44.6 Å². The number of phenolic OH excluding ortho intramolecular Hbond substituents is 1. The first-order valence-corrected chi connectivity index (χ1v) is 10.1. The van der Waals surface area contributed by atoms with E-state index in [-0.39, 0.29) is 34.1 Å². The average molecular weight is 452 g/mol. The number of phenols is 1. The molecule has 0 heterocycles. The van der Waals surface area contributed by atoms with Crippen molar-refractivity contribution in [2.45, 2.75) is 13.8 Å². The van der Waals surface area contributed by atoms with Gasteiger partial charge in [0.1, 0.15) is 29.5 Å². The number of aromatic carboxylic acids is 1. The summed E-state index contributed by atoms with van der Waals surface area (Å²) in [6.45, 7) is 4.17. The van der Waals surface area contributed by atoms with Crippen molar-refractivity contribution in [3.63, 3.8) is 0 Å². The van der Waals surface area contributed by atoms with Gasteiger partial charge in [0.25, 0.3) is 0 Å². The number of ether oxygens (including phenoxy) is 3. The predicted molar refractivity (Wildman–Crippen MR) is 124 cm³/mol. The SMILES string of the molecule is COc1cc(-c2ccc(F)cc2)c(OC)c(C(=O)O)c1-c1ccc(OCC=C(C)C)c(O)c1. The number of allylic oxidation sites excluding steroid dienone is 1. The molecule has 0 aromatic heterocycles. The first kappa shape index (κ1) is 23.7. The van der Waals surface area contributed by atoms with E-state index in [9.17, 15) is 19.4 Å². The highest BCUT2D eigenvalue weighted by Gasteiger charge is 2.27. The van der Waals surface area contributed by atoms with Crippen molar-refractivity contribution in [1.29, 1.82) is 0 Å².